The number of hydrogen-bond acceptors (Lipinski definition) is 3. The normalized spacial score (nSPS) is 17.8. The molecule has 100 valence electrons. The second kappa shape index (κ2) is 6.37. The number of aromatic nitrogens is 2. The van der Waals surface area contributed by atoms with Crippen molar-refractivity contribution in [2.75, 3.05) is 5.32 Å². The van der Waals surface area contributed by atoms with E-state index in [1.165, 1.54) is 38.5 Å². The van der Waals surface area contributed by atoms with Crippen molar-refractivity contribution in [2.24, 2.45) is 0 Å². The Hall–Kier alpha value is -0.830. The third-order valence-electron chi connectivity index (χ3n) is 3.44. The molecule has 0 aliphatic heterocycles. The first-order chi connectivity index (χ1) is 8.65. The Balaban J connectivity index is 2.07. The minimum absolute atomic E-state index is 0.304. The molecular formula is C14H22ClN3. The molecule has 1 aliphatic rings. The van der Waals surface area contributed by atoms with Gasteiger partial charge in [0.05, 0.1) is 0 Å². The highest BCUT2D eigenvalue weighted by atomic mass is 35.5. The van der Waals surface area contributed by atoms with Gasteiger partial charge in [-0.3, -0.25) is 0 Å². The van der Waals surface area contributed by atoms with E-state index in [-0.39, 0.29) is 0 Å². The van der Waals surface area contributed by atoms with Gasteiger partial charge < -0.3 is 5.32 Å². The van der Waals surface area contributed by atoms with Crippen LogP contribution < -0.4 is 5.32 Å². The summed E-state index contributed by atoms with van der Waals surface area (Å²) in [4.78, 5) is 8.81. The van der Waals surface area contributed by atoms with Crippen molar-refractivity contribution in [2.45, 2.75) is 64.3 Å². The van der Waals surface area contributed by atoms with E-state index in [1.807, 2.05) is 6.07 Å². The van der Waals surface area contributed by atoms with Gasteiger partial charge in [0.2, 0.25) is 0 Å². The lowest BCUT2D eigenvalue weighted by atomic mass is 10.1. The van der Waals surface area contributed by atoms with Crippen LogP contribution in [0.1, 0.15) is 64.1 Å². The first kappa shape index (κ1) is 13.6. The van der Waals surface area contributed by atoms with Crippen LogP contribution in [0.25, 0.3) is 0 Å². The maximum Gasteiger partial charge on any atom is 0.135 e. The van der Waals surface area contributed by atoms with Gasteiger partial charge in [-0.1, -0.05) is 51.1 Å². The molecule has 0 radical (unpaired) electrons. The van der Waals surface area contributed by atoms with Gasteiger partial charge in [-0.05, 0) is 12.8 Å². The molecule has 1 heterocycles. The monoisotopic (exact) mass is 267 g/mol. The van der Waals surface area contributed by atoms with Gasteiger partial charge in [-0.15, -0.1) is 0 Å². The lowest BCUT2D eigenvalue weighted by Crippen LogP contribution is -2.19. The summed E-state index contributed by atoms with van der Waals surface area (Å²) in [5, 5.41) is 4.05. The summed E-state index contributed by atoms with van der Waals surface area (Å²) in [7, 11) is 0. The van der Waals surface area contributed by atoms with E-state index in [0.29, 0.717) is 17.1 Å². The van der Waals surface area contributed by atoms with E-state index in [1.54, 1.807) is 0 Å². The highest BCUT2D eigenvalue weighted by Crippen LogP contribution is 2.22. The summed E-state index contributed by atoms with van der Waals surface area (Å²) in [5.74, 6) is 2.00. The highest BCUT2D eigenvalue weighted by Gasteiger charge is 2.14. The second-order valence-electron chi connectivity index (χ2n) is 5.42. The van der Waals surface area contributed by atoms with Crippen molar-refractivity contribution in [3.63, 3.8) is 0 Å². The van der Waals surface area contributed by atoms with Crippen LogP contribution in [0.15, 0.2) is 6.07 Å². The molecule has 0 amide bonds. The maximum atomic E-state index is 6.05. The van der Waals surface area contributed by atoms with Crippen LogP contribution in [-0.4, -0.2) is 16.0 Å². The van der Waals surface area contributed by atoms with Crippen LogP contribution in [0.5, 0.6) is 0 Å². The molecule has 0 aromatic carbocycles. The summed E-state index contributed by atoms with van der Waals surface area (Å²) >= 11 is 6.05. The second-order valence-corrected chi connectivity index (χ2v) is 5.81. The third-order valence-corrected chi connectivity index (χ3v) is 3.63. The fourth-order valence-electron chi connectivity index (χ4n) is 2.40. The molecule has 1 saturated carbocycles. The molecule has 1 fully saturated rings. The lowest BCUT2D eigenvalue weighted by Gasteiger charge is -2.17. The van der Waals surface area contributed by atoms with Crippen LogP contribution >= 0.6 is 11.6 Å². The molecule has 1 aromatic heterocycles. The molecule has 0 spiro atoms. The molecule has 2 rings (SSSR count). The summed E-state index contributed by atoms with van der Waals surface area (Å²) in [6.07, 6.45) is 7.82. The number of nitrogens with one attached hydrogen (secondary N) is 1. The van der Waals surface area contributed by atoms with Gasteiger partial charge >= 0.3 is 0 Å². The molecule has 0 unspecified atom stereocenters. The lowest BCUT2D eigenvalue weighted by molar-refractivity contribution is 0.616. The third kappa shape index (κ3) is 3.84. The molecule has 0 atom stereocenters. The van der Waals surface area contributed by atoms with Crippen molar-refractivity contribution < 1.29 is 0 Å². The standard InChI is InChI=1S/C14H22ClN3/c1-10(2)14-17-12(15)9-13(18-14)16-11-7-5-3-4-6-8-11/h9-11H,3-8H2,1-2H3,(H,16,17,18). The first-order valence-corrected chi connectivity index (χ1v) is 7.34. The summed E-state index contributed by atoms with van der Waals surface area (Å²) in [6.45, 7) is 4.17. The average molecular weight is 268 g/mol. The van der Waals surface area contributed by atoms with Crippen LogP contribution in [-0.2, 0) is 0 Å². The zero-order valence-corrected chi connectivity index (χ0v) is 12.0. The maximum absolute atomic E-state index is 6.05. The Bertz CT molecular complexity index is 385. The molecule has 1 aliphatic carbocycles. The number of halogens is 1. The van der Waals surface area contributed by atoms with Gasteiger partial charge in [0, 0.05) is 18.0 Å². The average Bonchev–Trinajstić information content (AvgIpc) is 2.57. The van der Waals surface area contributed by atoms with E-state index in [4.69, 9.17) is 11.6 Å². The van der Waals surface area contributed by atoms with E-state index < -0.39 is 0 Å². The highest BCUT2D eigenvalue weighted by molar-refractivity contribution is 6.29. The molecule has 0 saturated heterocycles. The Morgan fingerprint density at radius 2 is 1.83 bits per heavy atom. The molecule has 4 heteroatoms. The van der Waals surface area contributed by atoms with Crippen LogP contribution in [0.4, 0.5) is 5.82 Å². The van der Waals surface area contributed by atoms with Crippen molar-refractivity contribution >= 4 is 17.4 Å². The van der Waals surface area contributed by atoms with Crippen molar-refractivity contribution in [3.05, 3.63) is 17.0 Å². The Morgan fingerprint density at radius 3 is 2.44 bits per heavy atom. The Labute approximate surface area is 114 Å². The summed E-state index contributed by atoms with van der Waals surface area (Å²) in [6, 6.07) is 2.37. The van der Waals surface area contributed by atoms with E-state index >= 15 is 0 Å². The van der Waals surface area contributed by atoms with E-state index in [0.717, 1.165) is 11.6 Å². The van der Waals surface area contributed by atoms with E-state index in [9.17, 15) is 0 Å². The zero-order chi connectivity index (χ0) is 13.0. The van der Waals surface area contributed by atoms with Crippen molar-refractivity contribution in [3.8, 4) is 0 Å². The SMILES string of the molecule is CC(C)c1nc(Cl)cc(NC2CCCCCC2)n1. The number of anilines is 1. The summed E-state index contributed by atoms with van der Waals surface area (Å²) in [5.41, 5.74) is 0. The predicted molar refractivity (Wildman–Crippen MR) is 76.2 cm³/mol. The van der Waals surface area contributed by atoms with Gasteiger partial charge in [0.15, 0.2) is 0 Å². The van der Waals surface area contributed by atoms with Crippen LogP contribution in [0.2, 0.25) is 5.15 Å². The van der Waals surface area contributed by atoms with Gasteiger partial charge in [-0.2, -0.15) is 0 Å². The molecule has 18 heavy (non-hydrogen) atoms. The topological polar surface area (TPSA) is 37.8 Å². The minimum atomic E-state index is 0.304. The molecule has 3 nitrogen and oxygen atoms in total. The van der Waals surface area contributed by atoms with Gasteiger partial charge in [-0.25, -0.2) is 9.97 Å². The summed E-state index contributed by atoms with van der Waals surface area (Å²) < 4.78 is 0. The number of nitrogens with zero attached hydrogens (tertiary/aromatic N) is 2. The Morgan fingerprint density at radius 1 is 1.17 bits per heavy atom. The molecule has 1 aromatic rings. The molecule has 0 bridgehead atoms. The fourth-order valence-corrected chi connectivity index (χ4v) is 2.59. The molecule has 1 N–H and O–H groups in total. The van der Waals surface area contributed by atoms with Crippen molar-refractivity contribution in [1.82, 2.24) is 9.97 Å². The largest absolute Gasteiger partial charge is 0.367 e. The van der Waals surface area contributed by atoms with Gasteiger partial charge in [0.1, 0.15) is 16.8 Å². The number of rotatable bonds is 3. The van der Waals surface area contributed by atoms with Crippen molar-refractivity contribution in [1.29, 1.82) is 0 Å². The first-order valence-electron chi connectivity index (χ1n) is 6.96. The smallest absolute Gasteiger partial charge is 0.135 e. The predicted octanol–water partition coefficient (Wildman–Crippen LogP) is 4.39. The zero-order valence-electron chi connectivity index (χ0n) is 11.2. The molecular weight excluding hydrogens is 246 g/mol. The van der Waals surface area contributed by atoms with Gasteiger partial charge in [0.25, 0.3) is 0 Å². The Kier molecular flexibility index (Phi) is 4.81. The fraction of sp³-hybridized carbons (Fsp3) is 0.714. The van der Waals surface area contributed by atoms with Crippen LogP contribution in [0.3, 0.4) is 0 Å². The quantitative estimate of drug-likeness (QED) is 0.652. The van der Waals surface area contributed by atoms with E-state index in [2.05, 4.69) is 29.1 Å². The van der Waals surface area contributed by atoms with Crippen LogP contribution in [0, 0.1) is 0 Å². The number of hydrogen-bond donors (Lipinski definition) is 1. The minimum Gasteiger partial charge on any atom is -0.367 e.